The van der Waals surface area contributed by atoms with Gasteiger partial charge < -0.3 is 9.84 Å². The largest absolute Gasteiger partial charge is 0.480 e. The first-order chi connectivity index (χ1) is 5.45. The molecule has 1 N–H and O–H groups in total. The number of hydrogen-bond donors (Lipinski definition) is 1. The molecule has 0 aromatic rings. The second-order valence-electron chi connectivity index (χ2n) is 1.66. The van der Waals surface area contributed by atoms with Crippen molar-refractivity contribution in [2.45, 2.75) is 11.8 Å². The minimum atomic E-state index is -0.824. The zero-order valence-electron chi connectivity index (χ0n) is 6.71. The van der Waals surface area contributed by atoms with E-state index in [0.717, 1.165) is 0 Å². The van der Waals surface area contributed by atoms with Gasteiger partial charge in [-0.05, 0) is 6.92 Å². The third kappa shape index (κ3) is 12.6. The molecule has 0 aliphatic rings. The molecule has 0 amide bonds. The molecule has 0 aromatic heterocycles. The normalized spacial score (nSPS) is 10.7. The van der Waals surface area contributed by atoms with Gasteiger partial charge in [-0.3, -0.25) is 9.59 Å². The van der Waals surface area contributed by atoms with Gasteiger partial charge in [-0.2, -0.15) is 0 Å². The van der Waals surface area contributed by atoms with E-state index in [9.17, 15) is 9.59 Å². The topological polar surface area (TPSA) is 63.6 Å². The van der Waals surface area contributed by atoms with Crippen LogP contribution >= 0.6 is 31.9 Å². The lowest BCUT2D eigenvalue weighted by molar-refractivity contribution is -0.137. The van der Waals surface area contributed by atoms with Gasteiger partial charge in [0.2, 0.25) is 0 Å². The number of ether oxygens (including phenoxy) is 1. The third-order valence-electron chi connectivity index (χ3n) is 0.677. The number of methoxy groups -OCH3 is 1. The second-order valence-corrected chi connectivity index (χ2v) is 3.60. The van der Waals surface area contributed by atoms with Gasteiger partial charge in [0.15, 0.2) is 0 Å². The molecule has 0 fully saturated rings. The number of carbonyl (C=O) groups excluding carboxylic acids is 1. The van der Waals surface area contributed by atoms with Gasteiger partial charge in [-0.1, -0.05) is 31.9 Å². The van der Waals surface area contributed by atoms with Gasteiger partial charge in [-0.25, -0.2) is 0 Å². The lowest BCUT2D eigenvalue weighted by atomic mass is 10.5. The maximum Gasteiger partial charge on any atom is 0.316 e. The van der Waals surface area contributed by atoms with Crippen molar-refractivity contribution in [3.05, 3.63) is 0 Å². The molecule has 12 heavy (non-hydrogen) atoms. The molecule has 0 aliphatic heterocycles. The molecule has 0 heterocycles. The maximum absolute atomic E-state index is 9.91. The molecule has 0 bridgehead atoms. The molecule has 0 rings (SSSR count). The Morgan fingerprint density at radius 3 is 1.92 bits per heavy atom. The van der Waals surface area contributed by atoms with Crippen LogP contribution in [0.15, 0.2) is 0 Å². The van der Waals surface area contributed by atoms with Crippen molar-refractivity contribution in [3.63, 3.8) is 0 Å². The Labute approximate surface area is 87.5 Å². The molecular weight excluding hydrogens is 296 g/mol. The number of esters is 1. The number of rotatable bonds is 2. The molecule has 4 nitrogen and oxygen atoms in total. The number of hydrogen-bond acceptors (Lipinski definition) is 3. The molecule has 1 unspecified atom stereocenters. The van der Waals surface area contributed by atoms with E-state index in [2.05, 4.69) is 36.6 Å². The molecule has 0 radical (unpaired) electrons. The quantitative estimate of drug-likeness (QED) is 0.619. The summed E-state index contributed by atoms with van der Waals surface area (Å²) in [5.41, 5.74) is 0. The first-order valence-corrected chi connectivity index (χ1v) is 4.99. The second kappa shape index (κ2) is 8.99. The number of alkyl halides is 2. The summed E-state index contributed by atoms with van der Waals surface area (Å²) in [6, 6.07) is 0. The molecule has 72 valence electrons. The standard InChI is InChI=1S/2C3H5BrO2/c1-6-3(5)2-4;1-2(4)3(5)6/h2H2,1H3;2H,1H3,(H,5,6). The highest BCUT2D eigenvalue weighted by molar-refractivity contribution is 9.10. The van der Waals surface area contributed by atoms with E-state index in [1.807, 2.05) is 0 Å². The highest BCUT2D eigenvalue weighted by Crippen LogP contribution is 1.93. The fraction of sp³-hybridized carbons (Fsp3) is 0.667. The van der Waals surface area contributed by atoms with E-state index in [1.165, 1.54) is 7.11 Å². The molecule has 0 spiro atoms. The van der Waals surface area contributed by atoms with E-state index in [0.29, 0.717) is 0 Å². The Bertz CT molecular complexity index is 138. The fourth-order valence-corrected chi connectivity index (χ4v) is 0.283. The zero-order chi connectivity index (χ0) is 10.1. The minimum Gasteiger partial charge on any atom is -0.480 e. The van der Waals surface area contributed by atoms with Gasteiger partial charge in [0.1, 0.15) is 10.2 Å². The Kier molecular flexibility index (Phi) is 10.8. The highest BCUT2D eigenvalue weighted by Gasteiger charge is 2.01. The highest BCUT2D eigenvalue weighted by atomic mass is 79.9. The Morgan fingerprint density at radius 1 is 1.58 bits per heavy atom. The van der Waals surface area contributed by atoms with Crippen molar-refractivity contribution in [1.82, 2.24) is 0 Å². The lowest BCUT2D eigenvalue weighted by Crippen LogP contribution is -2.06. The van der Waals surface area contributed by atoms with Crippen molar-refractivity contribution in [3.8, 4) is 0 Å². The van der Waals surface area contributed by atoms with E-state index >= 15 is 0 Å². The first kappa shape index (κ1) is 14.4. The summed E-state index contributed by atoms with van der Waals surface area (Å²) >= 11 is 5.74. The number of carboxylic acids is 1. The Hall–Kier alpha value is -0.100. The minimum absolute atomic E-state index is 0.241. The van der Waals surface area contributed by atoms with E-state index in [1.54, 1.807) is 6.92 Å². The molecule has 0 saturated heterocycles. The van der Waals surface area contributed by atoms with Crippen LogP contribution in [0.5, 0.6) is 0 Å². The third-order valence-corrected chi connectivity index (χ3v) is 1.53. The number of aliphatic carboxylic acids is 1. The Morgan fingerprint density at radius 2 is 1.92 bits per heavy atom. The molecule has 1 atom stereocenters. The van der Waals surface area contributed by atoms with Crippen LogP contribution in [0, 0.1) is 0 Å². The van der Waals surface area contributed by atoms with E-state index < -0.39 is 10.8 Å². The van der Waals surface area contributed by atoms with Crippen molar-refractivity contribution in [2.75, 3.05) is 12.4 Å². The van der Waals surface area contributed by atoms with Crippen LogP contribution in [0.4, 0.5) is 0 Å². The number of carbonyl (C=O) groups is 2. The van der Waals surface area contributed by atoms with Gasteiger partial charge in [0, 0.05) is 0 Å². The van der Waals surface area contributed by atoms with Crippen molar-refractivity contribution in [1.29, 1.82) is 0 Å². The average molecular weight is 306 g/mol. The fourth-order valence-electron chi connectivity index (χ4n) is 0.0546. The average Bonchev–Trinajstić information content (AvgIpc) is 2.04. The van der Waals surface area contributed by atoms with Gasteiger partial charge >= 0.3 is 11.9 Å². The molecule has 6 heteroatoms. The molecular formula is C6H10Br2O4. The predicted octanol–water partition coefficient (Wildman–Crippen LogP) is 1.41. The molecule has 0 saturated carbocycles. The van der Waals surface area contributed by atoms with E-state index in [4.69, 9.17) is 5.11 Å². The lowest BCUT2D eigenvalue weighted by Gasteiger charge is -1.87. The SMILES string of the molecule is CC(Br)C(=O)O.COC(=O)CBr. The van der Waals surface area contributed by atoms with Crippen LogP contribution in [0.3, 0.4) is 0 Å². The van der Waals surface area contributed by atoms with Crippen LogP contribution in [-0.2, 0) is 14.3 Å². The first-order valence-electron chi connectivity index (χ1n) is 2.95. The van der Waals surface area contributed by atoms with Crippen LogP contribution < -0.4 is 0 Å². The van der Waals surface area contributed by atoms with Gasteiger partial charge in [-0.15, -0.1) is 0 Å². The smallest absolute Gasteiger partial charge is 0.316 e. The molecule has 0 aliphatic carbocycles. The monoisotopic (exact) mass is 304 g/mol. The van der Waals surface area contributed by atoms with Gasteiger partial charge in [0.25, 0.3) is 0 Å². The van der Waals surface area contributed by atoms with Crippen LogP contribution in [0.1, 0.15) is 6.92 Å². The van der Waals surface area contributed by atoms with Crippen molar-refractivity contribution in [2.24, 2.45) is 0 Å². The summed E-state index contributed by atoms with van der Waals surface area (Å²) in [4.78, 5) is 19.1. The van der Waals surface area contributed by atoms with E-state index in [-0.39, 0.29) is 11.3 Å². The summed E-state index contributed by atoms with van der Waals surface area (Å²) in [5.74, 6) is -1.06. The van der Waals surface area contributed by atoms with Crippen LogP contribution in [0.25, 0.3) is 0 Å². The number of halogens is 2. The summed E-state index contributed by atoms with van der Waals surface area (Å²) in [5, 5.41) is 8.23. The summed E-state index contributed by atoms with van der Waals surface area (Å²) < 4.78 is 4.21. The summed E-state index contributed by atoms with van der Waals surface area (Å²) in [6.45, 7) is 1.56. The zero-order valence-corrected chi connectivity index (χ0v) is 9.88. The summed E-state index contributed by atoms with van der Waals surface area (Å²) in [6.07, 6.45) is 0. The predicted molar refractivity (Wildman–Crippen MR) is 51.8 cm³/mol. The Balaban J connectivity index is 0. The van der Waals surface area contributed by atoms with Crippen LogP contribution in [-0.4, -0.2) is 34.3 Å². The van der Waals surface area contributed by atoms with Crippen molar-refractivity contribution >= 4 is 43.8 Å². The van der Waals surface area contributed by atoms with Crippen LogP contribution in [0.2, 0.25) is 0 Å². The number of carboxylic acid groups (broad SMARTS) is 1. The van der Waals surface area contributed by atoms with Crippen molar-refractivity contribution < 1.29 is 19.4 Å². The molecule has 0 aromatic carbocycles. The maximum atomic E-state index is 9.91. The van der Waals surface area contributed by atoms with Gasteiger partial charge in [0.05, 0.1) is 7.11 Å². The summed E-state index contributed by atoms with van der Waals surface area (Å²) in [7, 11) is 1.35.